The fraction of sp³-hybridized carbons (Fsp3) is 0. The fourth-order valence-corrected chi connectivity index (χ4v) is 1.39. The Hall–Kier alpha value is -1.69. The van der Waals surface area contributed by atoms with Crippen molar-refractivity contribution in [2.45, 2.75) is 0 Å². The normalized spacial score (nSPS) is 10.2. The Morgan fingerprint density at radius 2 is 1.87 bits per heavy atom. The second kappa shape index (κ2) is 3.82. The van der Waals surface area contributed by atoms with Crippen molar-refractivity contribution >= 4 is 27.4 Å². The zero-order valence-electron chi connectivity index (χ0n) is 7.68. The van der Waals surface area contributed by atoms with E-state index >= 15 is 0 Å². The molecular formula is C9H8BrN5. The summed E-state index contributed by atoms with van der Waals surface area (Å²) in [6.07, 6.45) is 3.09. The van der Waals surface area contributed by atoms with Crippen molar-refractivity contribution in [2.75, 3.05) is 11.5 Å². The van der Waals surface area contributed by atoms with Crippen LogP contribution in [0.3, 0.4) is 0 Å². The summed E-state index contributed by atoms with van der Waals surface area (Å²) in [6, 6.07) is 3.49. The molecule has 76 valence electrons. The molecule has 0 aliphatic rings. The second-order valence-corrected chi connectivity index (χ2v) is 3.72. The maximum atomic E-state index is 5.69. The van der Waals surface area contributed by atoms with Gasteiger partial charge < -0.3 is 11.5 Å². The highest BCUT2D eigenvalue weighted by molar-refractivity contribution is 9.10. The molecule has 2 aromatic heterocycles. The molecule has 0 spiro atoms. The lowest BCUT2D eigenvalue weighted by atomic mass is 10.2. The molecular weight excluding hydrogens is 258 g/mol. The van der Waals surface area contributed by atoms with Gasteiger partial charge in [-0.05, 0) is 28.1 Å². The van der Waals surface area contributed by atoms with E-state index in [1.165, 1.54) is 6.20 Å². The van der Waals surface area contributed by atoms with Gasteiger partial charge in [-0.1, -0.05) is 0 Å². The lowest BCUT2D eigenvalue weighted by molar-refractivity contribution is 1.16. The lowest BCUT2D eigenvalue weighted by Crippen LogP contribution is -1.99. The predicted octanol–water partition coefficient (Wildman–Crippen LogP) is 1.47. The molecule has 6 heteroatoms. The number of halogens is 1. The molecule has 5 nitrogen and oxygen atoms in total. The van der Waals surface area contributed by atoms with Crippen LogP contribution < -0.4 is 11.5 Å². The number of aromatic nitrogens is 3. The molecule has 0 saturated carbocycles. The van der Waals surface area contributed by atoms with Crippen LogP contribution in [0, 0.1) is 0 Å². The van der Waals surface area contributed by atoms with Gasteiger partial charge in [-0.2, -0.15) is 0 Å². The maximum absolute atomic E-state index is 5.69. The van der Waals surface area contributed by atoms with Crippen LogP contribution in [0.25, 0.3) is 11.4 Å². The molecule has 0 aromatic carbocycles. The molecule has 15 heavy (non-hydrogen) atoms. The minimum Gasteiger partial charge on any atom is -0.397 e. The largest absolute Gasteiger partial charge is 0.397 e. The van der Waals surface area contributed by atoms with Crippen molar-refractivity contribution < 1.29 is 0 Å². The number of pyridine rings is 1. The molecule has 0 amide bonds. The Morgan fingerprint density at radius 1 is 1.07 bits per heavy atom. The van der Waals surface area contributed by atoms with Crippen molar-refractivity contribution in [1.29, 1.82) is 0 Å². The van der Waals surface area contributed by atoms with Crippen LogP contribution in [0.1, 0.15) is 0 Å². The summed E-state index contributed by atoms with van der Waals surface area (Å²) in [6.45, 7) is 0. The number of rotatable bonds is 1. The van der Waals surface area contributed by atoms with E-state index < -0.39 is 0 Å². The van der Waals surface area contributed by atoms with Crippen molar-refractivity contribution in [2.24, 2.45) is 0 Å². The van der Waals surface area contributed by atoms with Crippen molar-refractivity contribution in [3.05, 3.63) is 29.1 Å². The molecule has 4 N–H and O–H groups in total. The Morgan fingerprint density at radius 3 is 2.53 bits per heavy atom. The zero-order chi connectivity index (χ0) is 10.8. The first-order valence-electron chi connectivity index (χ1n) is 4.17. The number of hydrogen-bond donors (Lipinski definition) is 2. The highest BCUT2D eigenvalue weighted by Gasteiger charge is 2.07. The van der Waals surface area contributed by atoms with E-state index in [9.17, 15) is 0 Å². The van der Waals surface area contributed by atoms with E-state index in [1.807, 2.05) is 0 Å². The molecule has 0 unspecified atom stereocenters. The summed E-state index contributed by atoms with van der Waals surface area (Å²) < 4.78 is 0.616. The molecule has 0 bridgehead atoms. The number of nitrogen functional groups attached to an aromatic ring is 2. The summed E-state index contributed by atoms with van der Waals surface area (Å²) in [7, 11) is 0. The predicted molar refractivity (Wildman–Crippen MR) is 61.8 cm³/mol. The average Bonchev–Trinajstić information content (AvgIpc) is 2.23. The standard InChI is InChI=1S/C9H8BrN5/c10-7-4-14-9(12)8(15-7)6-2-1-5(11)3-13-6/h1-4H,11H2,(H2,12,14). The Bertz CT molecular complexity index is 482. The number of nitrogens with two attached hydrogens (primary N) is 2. The smallest absolute Gasteiger partial charge is 0.151 e. The molecule has 0 atom stereocenters. The molecule has 0 saturated heterocycles. The van der Waals surface area contributed by atoms with Gasteiger partial charge in [0.15, 0.2) is 5.82 Å². The summed E-state index contributed by atoms with van der Waals surface area (Å²) in [5.74, 6) is 0.343. The second-order valence-electron chi connectivity index (χ2n) is 2.90. The average molecular weight is 266 g/mol. The van der Waals surface area contributed by atoms with Crippen LogP contribution in [0.2, 0.25) is 0 Å². The van der Waals surface area contributed by atoms with Crippen LogP contribution in [-0.4, -0.2) is 15.0 Å². The van der Waals surface area contributed by atoms with Gasteiger partial charge in [-0.25, -0.2) is 9.97 Å². The molecule has 0 aliphatic carbocycles. The SMILES string of the molecule is Nc1ccc(-c2nc(Br)cnc2N)nc1. The summed E-state index contributed by atoms with van der Waals surface area (Å²) in [5, 5.41) is 0. The molecule has 2 aromatic rings. The van der Waals surface area contributed by atoms with E-state index in [0.29, 0.717) is 27.5 Å². The first kappa shape index (κ1) is 9.85. The monoisotopic (exact) mass is 265 g/mol. The van der Waals surface area contributed by atoms with E-state index in [-0.39, 0.29) is 0 Å². The van der Waals surface area contributed by atoms with Gasteiger partial charge in [0.2, 0.25) is 0 Å². The number of anilines is 2. The van der Waals surface area contributed by atoms with E-state index in [2.05, 4.69) is 30.9 Å². The van der Waals surface area contributed by atoms with Gasteiger partial charge in [0, 0.05) is 0 Å². The van der Waals surface area contributed by atoms with Gasteiger partial charge in [0.25, 0.3) is 0 Å². The first-order valence-corrected chi connectivity index (χ1v) is 4.96. The quantitative estimate of drug-likeness (QED) is 0.815. The number of hydrogen-bond acceptors (Lipinski definition) is 5. The van der Waals surface area contributed by atoms with Crippen LogP contribution in [0.4, 0.5) is 11.5 Å². The first-order chi connectivity index (χ1) is 7.16. The van der Waals surface area contributed by atoms with Gasteiger partial charge in [0.1, 0.15) is 10.3 Å². The Kier molecular flexibility index (Phi) is 2.51. The van der Waals surface area contributed by atoms with Crippen LogP contribution in [0.5, 0.6) is 0 Å². The van der Waals surface area contributed by atoms with E-state index in [4.69, 9.17) is 11.5 Å². The topological polar surface area (TPSA) is 90.7 Å². The summed E-state index contributed by atoms with van der Waals surface area (Å²) in [5.41, 5.74) is 13.0. The van der Waals surface area contributed by atoms with E-state index in [1.54, 1.807) is 18.3 Å². The van der Waals surface area contributed by atoms with Crippen LogP contribution in [0.15, 0.2) is 29.1 Å². The highest BCUT2D eigenvalue weighted by atomic mass is 79.9. The van der Waals surface area contributed by atoms with Crippen molar-refractivity contribution in [3.63, 3.8) is 0 Å². The highest BCUT2D eigenvalue weighted by Crippen LogP contribution is 2.21. The lowest BCUT2D eigenvalue weighted by Gasteiger charge is -2.03. The van der Waals surface area contributed by atoms with Gasteiger partial charge in [-0.15, -0.1) is 0 Å². The van der Waals surface area contributed by atoms with Crippen LogP contribution in [-0.2, 0) is 0 Å². The minimum atomic E-state index is 0.343. The molecule has 0 radical (unpaired) electrons. The Balaban J connectivity index is 2.53. The summed E-state index contributed by atoms with van der Waals surface area (Å²) in [4.78, 5) is 12.3. The van der Waals surface area contributed by atoms with Crippen molar-refractivity contribution in [3.8, 4) is 11.4 Å². The Labute approximate surface area is 94.7 Å². The molecule has 2 rings (SSSR count). The third kappa shape index (κ3) is 2.04. The minimum absolute atomic E-state index is 0.343. The van der Waals surface area contributed by atoms with E-state index in [0.717, 1.165) is 0 Å². The molecule has 0 aliphatic heterocycles. The third-order valence-electron chi connectivity index (χ3n) is 1.80. The third-order valence-corrected chi connectivity index (χ3v) is 2.18. The zero-order valence-corrected chi connectivity index (χ0v) is 9.27. The van der Waals surface area contributed by atoms with Crippen molar-refractivity contribution in [1.82, 2.24) is 15.0 Å². The molecule has 0 fully saturated rings. The summed E-state index contributed by atoms with van der Waals surface area (Å²) >= 11 is 3.23. The fourth-order valence-electron chi connectivity index (χ4n) is 1.11. The van der Waals surface area contributed by atoms with Gasteiger partial charge >= 0.3 is 0 Å². The van der Waals surface area contributed by atoms with Gasteiger partial charge in [-0.3, -0.25) is 4.98 Å². The maximum Gasteiger partial charge on any atom is 0.151 e. The van der Waals surface area contributed by atoms with Crippen LogP contribution >= 0.6 is 15.9 Å². The van der Waals surface area contributed by atoms with Gasteiger partial charge in [0.05, 0.1) is 23.8 Å². The molecule has 2 heterocycles. The number of nitrogens with zero attached hydrogens (tertiary/aromatic N) is 3.